The highest BCUT2D eigenvalue weighted by Crippen LogP contribution is 2.43. The predicted octanol–water partition coefficient (Wildman–Crippen LogP) is 6.73. The number of rotatable bonds is 15. The molecule has 1 amide bonds. The second kappa shape index (κ2) is 16.1. The molecular weight excluding hydrogens is 668 g/mol. The van der Waals surface area contributed by atoms with Crippen molar-refractivity contribution in [3.8, 4) is 16.9 Å². The molecule has 0 saturated carbocycles. The first-order chi connectivity index (χ1) is 24.8. The Balaban J connectivity index is 1.38. The van der Waals surface area contributed by atoms with Crippen LogP contribution >= 0.6 is 0 Å². The highest BCUT2D eigenvalue weighted by Gasteiger charge is 2.53. The Morgan fingerprint density at radius 3 is 2.14 bits per heavy atom. The van der Waals surface area contributed by atoms with Gasteiger partial charge in [-0.3, -0.25) is 4.79 Å². The maximum absolute atomic E-state index is 14.5. The lowest BCUT2D eigenvalue weighted by Crippen LogP contribution is -2.49. The van der Waals surface area contributed by atoms with Gasteiger partial charge in [0, 0.05) is 31.6 Å². The summed E-state index contributed by atoms with van der Waals surface area (Å²) in [6.45, 7) is 0.457. The quantitative estimate of drug-likeness (QED) is 0.117. The number of hydrogen-bond acceptors (Lipinski definition) is 7. The van der Waals surface area contributed by atoms with Crippen LogP contribution in [0.4, 0.5) is 4.39 Å². The number of amides is 1. The van der Waals surface area contributed by atoms with Gasteiger partial charge in [0.1, 0.15) is 11.6 Å². The molecule has 1 aliphatic heterocycles. The predicted molar refractivity (Wildman–Crippen MR) is 195 cm³/mol. The molecule has 0 saturated heterocycles. The SMILES string of the molecule is O=C(NCCc1ccccc1F)[C@]1(CCS(=O)(=O)c2ccccc2)N=C(c2ccc(OCCCO)cc2)O[C@@H]1c1ccc(-c2ccccc2)cc1. The van der Waals surface area contributed by atoms with Gasteiger partial charge in [0.25, 0.3) is 5.91 Å². The van der Waals surface area contributed by atoms with Gasteiger partial charge in [-0.1, -0.05) is 91.0 Å². The number of carbonyl (C=O) groups is 1. The zero-order chi connectivity index (χ0) is 35.7. The van der Waals surface area contributed by atoms with E-state index in [0.29, 0.717) is 35.5 Å². The fraction of sp³-hybridized carbons (Fsp3) is 0.220. The number of ether oxygens (including phenoxy) is 2. The smallest absolute Gasteiger partial charge is 0.252 e. The summed E-state index contributed by atoms with van der Waals surface area (Å²) in [6, 6.07) is 39.0. The number of nitrogens with one attached hydrogen (secondary N) is 1. The fourth-order valence-electron chi connectivity index (χ4n) is 6.05. The number of nitrogens with zero attached hydrogens (tertiary/aromatic N) is 1. The number of benzene rings is 5. The largest absolute Gasteiger partial charge is 0.494 e. The van der Waals surface area contributed by atoms with E-state index in [-0.39, 0.29) is 48.4 Å². The lowest BCUT2D eigenvalue weighted by Gasteiger charge is -2.30. The second-order valence-electron chi connectivity index (χ2n) is 12.3. The number of hydrogen-bond donors (Lipinski definition) is 2. The van der Waals surface area contributed by atoms with E-state index < -0.39 is 27.4 Å². The van der Waals surface area contributed by atoms with Crippen LogP contribution in [0.2, 0.25) is 0 Å². The molecule has 0 radical (unpaired) electrons. The standard InChI is InChI=1S/C41H39FN2O6S/c42-37-15-8-7-12-32(37)24-26-43-40(46)41(25-29-51(47,48)36-13-5-2-6-14-36)38(33-18-16-31(17-19-33)30-10-3-1-4-11-30)50-39(44-41)34-20-22-35(23-21-34)49-28-9-27-45/h1-8,10-23,38,45H,9,24-29H2,(H,43,46)/t38-,41-/m1/s1. The first-order valence-corrected chi connectivity index (χ1v) is 18.5. The average Bonchev–Trinajstić information content (AvgIpc) is 3.57. The molecule has 51 heavy (non-hydrogen) atoms. The van der Waals surface area contributed by atoms with E-state index in [0.717, 1.165) is 11.1 Å². The van der Waals surface area contributed by atoms with E-state index in [1.807, 2.05) is 54.6 Å². The molecule has 0 aromatic heterocycles. The third-order valence-corrected chi connectivity index (χ3v) is 10.6. The number of aliphatic hydroxyl groups excluding tert-OH is 1. The van der Waals surface area contributed by atoms with E-state index >= 15 is 0 Å². The van der Waals surface area contributed by atoms with Crippen molar-refractivity contribution in [3.05, 3.63) is 156 Å². The van der Waals surface area contributed by atoms with Gasteiger partial charge in [-0.2, -0.15) is 0 Å². The first-order valence-electron chi connectivity index (χ1n) is 16.8. The van der Waals surface area contributed by atoms with Gasteiger partial charge in [0.15, 0.2) is 21.5 Å². The average molecular weight is 707 g/mol. The third-order valence-electron chi connectivity index (χ3n) is 8.84. The van der Waals surface area contributed by atoms with Crippen LogP contribution < -0.4 is 10.1 Å². The summed E-state index contributed by atoms with van der Waals surface area (Å²) in [4.78, 5) is 19.6. The van der Waals surface area contributed by atoms with Gasteiger partial charge in [-0.05, 0) is 71.1 Å². The molecule has 2 N–H and O–H groups in total. The monoisotopic (exact) mass is 706 g/mol. The van der Waals surface area contributed by atoms with Gasteiger partial charge in [-0.15, -0.1) is 0 Å². The summed E-state index contributed by atoms with van der Waals surface area (Å²) in [5.41, 5.74) is 1.93. The first kappa shape index (κ1) is 35.5. The topological polar surface area (TPSA) is 114 Å². The number of carbonyl (C=O) groups excluding carboxylic acids is 1. The molecular formula is C41H39FN2O6S. The van der Waals surface area contributed by atoms with Crippen molar-refractivity contribution in [1.29, 1.82) is 0 Å². The van der Waals surface area contributed by atoms with Crippen molar-refractivity contribution in [2.75, 3.05) is 25.5 Å². The summed E-state index contributed by atoms with van der Waals surface area (Å²) in [6.07, 6.45) is -0.463. The van der Waals surface area contributed by atoms with Crippen LogP contribution in [0, 0.1) is 5.82 Å². The summed E-state index contributed by atoms with van der Waals surface area (Å²) >= 11 is 0. The number of aliphatic imine (C=N–C) groups is 1. The molecule has 6 rings (SSSR count). The fourth-order valence-corrected chi connectivity index (χ4v) is 7.44. The van der Waals surface area contributed by atoms with E-state index in [4.69, 9.17) is 19.6 Å². The molecule has 262 valence electrons. The van der Waals surface area contributed by atoms with Crippen molar-refractivity contribution in [2.24, 2.45) is 4.99 Å². The van der Waals surface area contributed by atoms with Crippen molar-refractivity contribution >= 4 is 21.6 Å². The highest BCUT2D eigenvalue weighted by molar-refractivity contribution is 7.91. The van der Waals surface area contributed by atoms with E-state index in [1.54, 1.807) is 60.7 Å². The Bertz CT molecular complexity index is 2060. The van der Waals surface area contributed by atoms with Crippen LogP contribution in [0.3, 0.4) is 0 Å². The van der Waals surface area contributed by atoms with Crippen LogP contribution in [0.15, 0.2) is 143 Å². The maximum atomic E-state index is 14.5. The molecule has 5 aromatic rings. The molecule has 0 fully saturated rings. The second-order valence-corrected chi connectivity index (χ2v) is 14.4. The van der Waals surface area contributed by atoms with Crippen molar-refractivity contribution in [3.63, 3.8) is 0 Å². The Labute approximate surface area is 297 Å². The van der Waals surface area contributed by atoms with Crippen LogP contribution in [0.1, 0.15) is 35.6 Å². The molecule has 1 aliphatic rings. The molecule has 10 heteroatoms. The summed E-state index contributed by atoms with van der Waals surface area (Å²) in [5.74, 6) is -0.521. The van der Waals surface area contributed by atoms with Crippen molar-refractivity contribution < 1.29 is 32.2 Å². The Morgan fingerprint density at radius 2 is 1.45 bits per heavy atom. The van der Waals surface area contributed by atoms with Crippen molar-refractivity contribution in [2.45, 2.75) is 35.8 Å². The molecule has 8 nitrogen and oxygen atoms in total. The lowest BCUT2D eigenvalue weighted by atomic mass is 9.84. The van der Waals surface area contributed by atoms with Crippen LogP contribution in [0.25, 0.3) is 11.1 Å². The third kappa shape index (κ3) is 8.36. The minimum atomic E-state index is -3.82. The minimum Gasteiger partial charge on any atom is -0.494 e. The van der Waals surface area contributed by atoms with Gasteiger partial charge in [-0.25, -0.2) is 17.8 Å². The summed E-state index contributed by atoms with van der Waals surface area (Å²) in [5, 5.41) is 12.0. The van der Waals surface area contributed by atoms with Gasteiger partial charge >= 0.3 is 0 Å². The molecule has 1 heterocycles. The Kier molecular flexibility index (Phi) is 11.2. The molecule has 2 atom stereocenters. The summed E-state index contributed by atoms with van der Waals surface area (Å²) < 4.78 is 54.0. The van der Waals surface area contributed by atoms with E-state index in [9.17, 15) is 17.6 Å². The minimum absolute atomic E-state index is 0.0148. The zero-order valence-electron chi connectivity index (χ0n) is 28.0. The molecule has 0 bridgehead atoms. The molecule has 0 unspecified atom stereocenters. The van der Waals surface area contributed by atoms with E-state index in [1.165, 1.54) is 18.2 Å². The van der Waals surface area contributed by atoms with Gasteiger partial charge in [0.2, 0.25) is 5.90 Å². The molecule has 0 spiro atoms. The van der Waals surface area contributed by atoms with Crippen LogP contribution in [-0.4, -0.2) is 56.4 Å². The number of halogens is 1. The molecule has 0 aliphatic carbocycles. The number of aliphatic hydroxyl groups is 1. The normalized spacial score (nSPS) is 17.0. The maximum Gasteiger partial charge on any atom is 0.252 e. The van der Waals surface area contributed by atoms with Crippen LogP contribution in [0.5, 0.6) is 5.75 Å². The lowest BCUT2D eigenvalue weighted by molar-refractivity contribution is -0.129. The van der Waals surface area contributed by atoms with Crippen molar-refractivity contribution in [1.82, 2.24) is 5.32 Å². The molecule has 5 aromatic carbocycles. The van der Waals surface area contributed by atoms with E-state index in [2.05, 4.69) is 5.32 Å². The number of sulfone groups is 1. The van der Waals surface area contributed by atoms with Gasteiger partial charge in [0.05, 0.1) is 17.3 Å². The summed E-state index contributed by atoms with van der Waals surface area (Å²) in [7, 11) is -3.82. The Hall–Kier alpha value is -5.32. The zero-order valence-corrected chi connectivity index (χ0v) is 28.8. The van der Waals surface area contributed by atoms with Gasteiger partial charge < -0.3 is 19.9 Å². The Morgan fingerprint density at radius 1 is 0.824 bits per heavy atom. The highest BCUT2D eigenvalue weighted by atomic mass is 32.2. The van der Waals surface area contributed by atoms with Crippen LogP contribution in [-0.2, 0) is 25.8 Å².